The monoisotopic (exact) mass is 400 g/mol. The van der Waals surface area contributed by atoms with Crippen LogP contribution in [0.3, 0.4) is 0 Å². The zero-order chi connectivity index (χ0) is 21.4. The predicted octanol–water partition coefficient (Wildman–Crippen LogP) is 3.39. The average Bonchev–Trinajstić information content (AvgIpc) is 2.66. The lowest BCUT2D eigenvalue weighted by Crippen LogP contribution is -2.52. The van der Waals surface area contributed by atoms with Gasteiger partial charge in [0.1, 0.15) is 11.9 Å². The Morgan fingerprint density at radius 1 is 1.03 bits per heavy atom. The molecular formula is C22H29FN4O2. The summed E-state index contributed by atoms with van der Waals surface area (Å²) in [6, 6.07) is 14.0. The Morgan fingerprint density at radius 3 is 2.31 bits per heavy atom. The molecule has 2 rings (SSSR count). The van der Waals surface area contributed by atoms with E-state index >= 15 is 0 Å². The van der Waals surface area contributed by atoms with Crippen LogP contribution in [0.15, 0.2) is 54.6 Å². The minimum absolute atomic E-state index is 0.108. The topological polar surface area (TPSA) is 73.5 Å². The lowest BCUT2D eigenvalue weighted by Gasteiger charge is -2.27. The molecule has 0 saturated carbocycles. The molecule has 0 aliphatic rings. The SMILES string of the molecule is CC(C)C(NC(=O)Nc1ccccc1)C(=O)NCC(c1cccc(F)c1)N(C)C. The van der Waals surface area contributed by atoms with Crippen LogP contribution in [0.25, 0.3) is 0 Å². The van der Waals surface area contributed by atoms with Crippen LogP contribution < -0.4 is 16.0 Å². The van der Waals surface area contributed by atoms with E-state index in [1.807, 2.05) is 57.1 Å². The highest BCUT2D eigenvalue weighted by molar-refractivity contribution is 5.93. The molecule has 29 heavy (non-hydrogen) atoms. The molecule has 2 unspecified atom stereocenters. The average molecular weight is 400 g/mol. The molecule has 0 aliphatic heterocycles. The Kier molecular flexibility index (Phi) is 8.15. The van der Waals surface area contributed by atoms with Gasteiger partial charge in [-0.2, -0.15) is 0 Å². The Balaban J connectivity index is 1.99. The summed E-state index contributed by atoms with van der Waals surface area (Å²) in [5, 5.41) is 8.34. The van der Waals surface area contributed by atoms with Gasteiger partial charge in [0.2, 0.25) is 5.91 Å². The van der Waals surface area contributed by atoms with E-state index in [1.165, 1.54) is 12.1 Å². The quantitative estimate of drug-likeness (QED) is 0.636. The molecule has 2 aromatic rings. The Hall–Kier alpha value is -2.93. The van der Waals surface area contributed by atoms with Gasteiger partial charge < -0.3 is 20.9 Å². The van der Waals surface area contributed by atoms with Crippen LogP contribution in [0.4, 0.5) is 14.9 Å². The fraction of sp³-hybridized carbons (Fsp3) is 0.364. The molecule has 0 bridgehead atoms. The number of likely N-dealkylation sites (N-methyl/N-ethyl adjacent to an activating group) is 1. The number of carbonyl (C=O) groups excluding carboxylic acids is 2. The molecule has 0 fully saturated rings. The summed E-state index contributed by atoms with van der Waals surface area (Å²) in [5.74, 6) is -0.713. The van der Waals surface area contributed by atoms with Gasteiger partial charge in [-0.25, -0.2) is 9.18 Å². The zero-order valence-electron chi connectivity index (χ0n) is 17.3. The molecule has 2 aromatic carbocycles. The normalized spacial score (nSPS) is 13.1. The number of anilines is 1. The predicted molar refractivity (Wildman–Crippen MR) is 113 cm³/mol. The number of benzene rings is 2. The fourth-order valence-corrected chi connectivity index (χ4v) is 2.98. The third-order valence-electron chi connectivity index (χ3n) is 4.59. The van der Waals surface area contributed by atoms with Crippen molar-refractivity contribution in [2.75, 3.05) is 26.0 Å². The van der Waals surface area contributed by atoms with Crippen LogP contribution in [0, 0.1) is 11.7 Å². The van der Waals surface area contributed by atoms with Gasteiger partial charge in [0.05, 0.1) is 6.04 Å². The molecule has 156 valence electrons. The third kappa shape index (κ3) is 6.87. The Morgan fingerprint density at radius 2 is 1.72 bits per heavy atom. The molecule has 3 amide bonds. The van der Waals surface area contributed by atoms with Crippen molar-refractivity contribution in [3.63, 3.8) is 0 Å². The maximum atomic E-state index is 13.6. The largest absolute Gasteiger partial charge is 0.352 e. The zero-order valence-corrected chi connectivity index (χ0v) is 17.3. The highest BCUT2D eigenvalue weighted by atomic mass is 19.1. The van der Waals surface area contributed by atoms with Gasteiger partial charge in [0.15, 0.2) is 0 Å². The molecule has 0 radical (unpaired) electrons. The van der Waals surface area contributed by atoms with Crippen molar-refractivity contribution in [3.8, 4) is 0 Å². The van der Waals surface area contributed by atoms with E-state index in [1.54, 1.807) is 18.2 Å². The Labute approximate surface area is 171 Å². The first-order valence-electron chi connectivity index (χ1n) is 9.60. The highest BCUT2D eigenvalue weighted by Crippen LogP contribution is 2.18. The van der Waals surface area contributed by atoms with Crippen LogP contribution in [0.1, 0.15) is 25.5 Å². The molecule has 2 atom stereocenters. The smallest absolute Gasteiger partial charge is 0.319 e. The van der Waals surface area contributed by atoms with Gasteiger partial charge in [-0.3, -0.25) is 4.79 Å². The number of rotatable bonds is 8. The number of para-hydroxylation sites is 1. The van der Waals surface area contributed by atoms with Crippen molar-refractivity contribution in [1.29, 1.82) is 0 Å². The maximum absolute atomic E-state index is 13.6. The first-order chi connectivity index (χ1) is 13.8. The summed E-state index contributed by atoms with van der Waals surface area (Å²) in [5.41, 5.74) is 1.41. The van der Waals surface area contributed by atoms with Gasteiger partial charge in [0.25, 0.3) is 0 Å². The van der Waals surface area contributed by atoms with Gasteiger partial charge in [-0.15, -0.1) is 0 Å². The van der Waals surface area contributed by atoms with Gasteiger partial charge in [-0.1, -0.05) is 44.2 Å². The van der Waals surface area contributed by atoms with Crippen molar-refractivity contribution in [3.05, 3.63) is 66.0 Å². The van der Waals surface area contributed by atoms with E-state index in [0.29, 0.717) is 12.2 Å². The van der Waals surface area contributed by atoms with E-state index in [4.69, 9.17) is 0 Å². The molecule has 0 heterocycles. The van der Waals surface area contributed by atoms with Gasteiger partial charge in [0, 0.05) is 12.2 Å². The van der Waals surface area contributed by atoms with Crippen molar-refractivity contribution in [2.45, 2.75) is 25.9 Å². The van der Waals surface area contributed by atoms with E-state index in [2.05, 4.69) is 16.0 Å². The van der Waals surface area contributed by atoms with Crippen LogP contribution in [0.2, 0.25) is 0 Å². The third-order valence-corrected chi connectivity index (χ3v) is 4.59. The van der Waals surface area contributed by atoms with Crippen molar-refractivity contribution < 1.29 is 14.0 Å². The van der Waals surface area contributed by atoms with E-state index in [-0.39, 0.29) is 23.7 Å². The number of urea groups is 1. The van der Waals surface area contributed by atoms with Crippen LogP contribution in [-0.4, -0.2) is 43.5 Å². The number of nitrogens with zero attached hydrogens (tertiary/aromatic N) is 1. The highest BCUT2D eigenvalue weighted by Gasteiger charge is 2.25. The minimum atomic E-state index is -0.700. The first kappa shape index (κ1) is 22.4. The number of hydrogen-bond acceptors (Lipinski definition) is 3. The molecule has 0 aliphatic carbocycles. The molecule has 0 aromatic heterocycles. The van der Waals surface area contributed by atoms with E-state index in [9.17, 15) is 14.0 Å². The molecular weight excluding hydrogens is 371 g/mol. The number of halogens is 1. The van der Waals surface area contributed by atoms with E-state index < -0.39 is 12.1 Å². The minimum Gasteiger partial charge on any atom is -0.352 e. The second kappa shape index (κ2) is 10.6. The molecule has 0 saturated heterocycles. The molecule has 6 nitrogen and oxygen atoms in total. The summed E-state index contributed by atoms with van der Waals surface area (Å²) in [6.07, 6.45) is 0. The van der Waals surface area contributed by atoms with Crippen molar-refractivity contribution in [2.24, 2.45) is 5.92 Å². The summed E-state index contributed by atoms with van der Waals surface area (Å²) in [4.78, 5) is 26.9. The van der Waals surface area contributed by atoms with Crippen LogP contribution >= 0.6 is 0 Å². The lowest BCUT2D eigenvalue weighted by molar-refractivity contribution is -0.124. The van der Waals surface area contributed by atoms with E-state index in [0.717, 1.165) is 5.56 Å². The summed E-state index contributed by atoms with van der Waals surface area (Å²) < 4.78 is 13.6. The summed E-state index contributed by atoms with van der Waals surface area (Å²) in [7, 11) is 3.74. The first-order valence-corrected chi connectivity index (χ1v) is 9.60. The van der Waals surface area contributed by atoms with Crippen LogP contribution in [0.5, 0.6) is 0 Å². The number of carbonyl (C=O) groups is 2. The number of amides is 3. The van der Waals surface area contributed by atoms with Crippen molar-refractivity contribution >= 4 is 17.6 Å². The summed E-state index contributed by atoms with van der Waals surface area (Å²) >= 11 is 0. The lowest BCUT2D eigenvalue weighted by atomic mass is 10.0. The fourth-order valence-electron chi connectivity index (χ4n) is 2.98. The molecule has 3 N–H and O–H groups in total. The van der Waals surface area contributed by atoms with Gasteiger partial charge in [-0.05, 0) is 49.8 Å². The van der Waals surface area contributed by atoms with Crippen molar-refractivity contribution in [1.82, 2.24) is 15.5 Å². The standard InChI is InChI=1S/C22H29FN4O2/c1-15(2)20(26-22(29)25-18-11-6-5-7-12-18)21(28)24-14-19(27(3)4)16-9-8-10-17(23)13-16/h5-13,15,19-20H,14H2,1-4H3,(H,24,28)(H2,25,26,29). The summed E-state index contributed by atoms with van der Waals surface area (Å²) in [6.45, 7) is 4.02. The number of nitrogens with one attached hydrogen (secondary N) is 3. The Bertz CT molecular complexity index is 811. The molecule has 0 spiro atoms. The molecule has 7 heteroatoms. The second-order valence-corrected chi connectivity index (χ2v) is 7.47. The number of hydrogen-bond donors (Lipinski definition) is 3. The second-order valence-electron chi connectivity index (χ2n) is 7.47. The van der Waals surface area contributed by atoms with Crippen LogP contribution in [-0.2, 0) is 4.79 Å². The van der Waals surface area contributed by atoms with Gasteiger partial charge >= 0.3 is 6.03 Å². The maximum Gasteiger partial charge on any atom is 0.319 e.